The summed E-state index contributed by atoms with van der Waals surface area (Å²) in [6.07, 6.45) is 6.49. The van der Waals surface area contributed by atoms with Crippen LogP contribution in [0.2, 0.25) is 0 Å². The highest BCUT2D eigenvalue weighted by molar-refractivity contribution is 8.00. The molecular weight excluding hydrogens is 897 g/mol. The molecule has 0 aliphatic carbocycles. The average molecular weight is 931 g/mol. The summed E-state index contributed by atoms with van der Waals surface area (Å²) < 4.78 is 37.9. The lowest BCUT2D eigenvalue weighted by Crippen LogP contribution is -2.64. The molecule has 0 N–H and O–H groups in total. The van der Waals surface area contributed by atoms with Crippen molar-refractivity contribution < 1.29 is 18.9 Å². The summed E-state index contributed by atoms with van der Waals surface area (Å²) in [7, 11) is 0. The number of hydrogen-bond acceptors (Lipinski definition) is 11. The number of ether oxygens (including phenoxy) is 4. The highest BCUT2D eigenvalue weighted by atomic mass is 32.2. The summed E-state index contributed by atoms with van der Waals surface area (Å²) in [6.45, 7) is 4.11. The van der Waals surface area contributed by atoms with Gasteiger partial charge in [-0.2, -0.15) is 0 Å². The third-order valence-corrected chi connectivity index (χ3v) is 18.7. The molecule has 7 aromatic carbocycles. The number of fused-ring (bicyclic) bond motifs is 16. The number of aryl methyl sites for hydroxylation is 2. The molecule has 6 aliphatic heterocycles. The van der Waals surface area contributed by atoms with Crippen molar-refractivity contribution in [2.75, 3.05) is 27.4 Å². The van der Waals surface area contributed by atoms with E-state index in [9.17, 15) is 0 Å². The van der Waals surface area contributed by atoms with Crippen LogP contribution in [0.15, 0.2) is 114 Å². The predicted octanol–water partition coefficient (Wildman–Crippen LogP) is 8.89. The molecule has 0 saturated heterocycles. The first-order valence-electron chi connectivity index (χ1n) is 21.7. The molecule has 14 heteroatoms. The Morgan fingerprint density at radius 2 is 0.923 bits per heavy atom. The van der Waals surface area contributed by atoms with Crippen LogP contribution in [0.3, 0.4) is 0 Å². The third kappa shape index (κ3) is 4.94. The van der Waals surface area contributed by atoms with E-state index in [1.165, 1.54) is 62.9 Å². The van der Waals surface area contributed by atoms with Crippen LogP contribution < -0.4 is 75.4 Å². The average Bonchev–Trinajstić information content (AvgIpc) is 3.88. The van der Waals surface area contributed by atoms with E-state index in [0.29, 0.717) is 0 Å². The number of thioether (sulfide) groups is 1. The summed E-state index contributed by atoms with van der Waals surface area (Å²) in [5, 5.41) is 2.32. The van der Waals surface area contributed by atoms with E-state index in [1.54, 1.807) is 35.7 Å². The lowest BCUT2D eigenvalue weighted by atomic mass is 9.31. The summed E-state index contributed by atoms with van der Waals surface area (Å²) >= 11 is 8.90. The fourth-order valence-corrected chi connectivity index (χ4v) is 15.9. The number of nitrogens with zero attached hydrogens (tertiary/aromatic N) is 2. The molecule has 0 amide bonds. The van der Waals surface area contributed by atoms with Gasteiger partial charge in [0.05, 0.1) is 22.7 Å². The van der Waals surface area contributed by atoms with Gasteiger partial charge in [-0.3, -0.25) is 8.61 Å². The highest BCUT2D eigenvalue weighted by Gasteiger charge is 2.49. The number of rotatable bonds is 3. The van der Waals surface area contributed by atoms with E-state index < -0.39 is 0 Å². The first-order chi connectivity index (χ1) is 31.9. The molecule has 9 aromatic rings. The Hall–Kier alpha value is -5.50. The van der Waals surface area contributed by atoms with Crippen LogP contribution in [0.5, 0.6) is 46.0 Å². The molecule has 310 valence electrons. The highest BCUT2D eigenvalue weighted by Crippen LogP contribution is 2.48. The first-order valence-corrected chi connectivity index (χ1v) is 26.9. The SMILES string of the molecule is CSc1cc2c3c(c1)N(SC)c1cc4c(cc1B3c1cc3c(cc1O2)N(SC)c1cc(C)cc2c1B3c1sc3ccccc3c1O2)B1c2sc3ccccc3c2Oc2cc(C)cc(c21)O4. The number of anilines is 4. The van der Waals surface area contributed by atoms with Gasteiger partial charge in [-0.1, -0.05) is 36.4 Å². The van der Waals surface area contributed by atoms with E-state index >= 15 is 0 Å². The number of hydrogen-bond donors (Lipinski definition) is 0. The van der Waals surface area contributed by atoms with E-state index in [4.69, 9.17) is 18.9 Å². The summed E-state index contributed by atoms with van der Waals surface area (Å²) in [6, 6.07) is 40.4. The largest absolute Gasteiger partial charge is 0.458 e. The molecule has 0 radical (unpaired) electrons. The Kier molecular flexibility index (Phi) is 7.73. The zero-order valence-electron chi connectivity index (χ0n) is 35.7. The van der Waals surface area contributed by atoms with Gasteiger partial charge >= 0.3 is 0 Å². The van der Waals surface area contributed by atoms with Crippen molar-refractivity contribution in [2.24, 2.45) is 0 Å². The van der Waals surface area contributed by atoms with Crippen molar-refractivity contribution in [3.8, 4) is 46.0 Å². The van der Waals surface area contributed by atoms with Crippen LogP contribution in [0.25, 0.3) is 20.2 Å². The zero-order valence-corrected chi connectivity index (χ0v) is 39.8. The molecule has 0 unspecified atom stereocenters. The van der Waals surface area contributed by atoms with Gasteiger partial charge in [0.15, 0.2) is 0 Å². The second-order valence-electron chi connectivity index (χ2n) is 17.6. The summed E-state index contributed by atoms with van der Waals surface area (Å²) in [5.41, 5.74) is 15.3. The Morgan fingerprint density at radius 1 is 0.446 bits per heavy atom. The Morgan fingerprint density at radius 3 is 1.52 bits per heavy atom. The molecule has 65 heavy (non-hydrogen) atoms. The summed E-state index contributed by atoms with van der Waals surface area (Å²) in [5.74, 6) is 7.31. The predicted molar refractivity (Wildman–Crippen MR) is 283 cm³/mol. The second kappa shape index (κ2) is 13.3. The van der Waals surface area contributed by atoms with E-state index in [-0.39, 0.29) is 20.1 Å². The van der Waals surface area contributed by atoms with Crippen LogP contribution >= 0.6 is 58.3 Å². The third-order valence-electron chi connectivity index (χ3n) is 14.1. The zero-order chi connectivity index (χ0) is 43.1. The van der Waals surface area contributed by atoms with Crippen molar-refractivity contribution >= 4 is 169 Å². The minimum Gasteiger partial charge on any atom is -0.458 e. The van der Waals surface area contributed by atoms with Gasteiger partial charge < -0.3 is 18.9 Å². The van der Waals surface area contributed by atoms with Gasteiger partial charge in [-0.15, -0.1) is 34.4 Å². The molecule has 15 rings (SSSR count). The maximum absolute atomic E-state index is 7.24. The fraction of sp³-hybridized carbons (Fsp3) is 0.0980. The Labute approximate surface area is 397 Å². The Balaban J connectivity index is 1.00. The number of benzene rings is 7. The molecule has 6 aliphatic rings. The quantitative estimate of drug-likeness (QED) is 0.0983. The van der Waals surface area contributed by atoms with Crippen molar-refractivity contribution in [1.29, 1.82) is 0 Å². The van der Waals surface area contributed by atoms with Gasteiger partial charge in [0, 0.05) is 64.7 Å². The van der Waals surface area contributed by atoms with Crippen LogP contribution in [0.4, 0.5) is 22.7 Å². The smallest absolute Gasteiger partial charge is 0.273 e. The minimum absolute atomic E-state index is 0.0140. The molecule has 6 nitrogen and oxygen atoms in total. The molecular formula is C51H33B3N2O4S5. The van der Waals surface area contributed by atoms with Gasteiger partial charge in [-0.25, -0.2) is 0 Å². The van der Waals surface area contributed by atoms with E-state index in [0.717, 1.165) is 89.8 Å². The second-order valence-corrected chi connectivity index (χ2v) is 22.1. The van der Waals surface area contributed by atoms with Crippen LogP contribution in [-0.4, -0.2) is 38.9 Å². The topological polar surface area (TPSA) is 43.4 Å². The molecule has 0 atom stereocenters. The first kappa shape index (κ1) is 37.7. The molecule has 0 bridgehead atoms. The maximum Gasteiger partial charge on any atom is 0.273 e. The van der Waals surface area contributed by atoms with Gasteiger partial charge in [0.2, 0.25) is 0 Å². The summed E-state index contributed by atoms with van der Waals surface area (Å²) in [4.78, 5) is 1.16. The molecule has 0 fully saturated rings. The van der Waals surface area contributed by atoms with Crippen molar-refractivity contribution in [1.82, 2.24) is 0 Å². The normalized spacial score (nSPS) is 14.8. The van der Waals surface area contributed by atoms with Gasteiger partial charge in [-0.05, 0) is 149 Å². The fourth-order valence-electron chi connectivity index (χ4n) is 11.5. The minimum atomic E-state index is -0.113. The molecule has 0 saturated carbocycles. The van der Waals surface area contributed by atoms with Crippen LogP contribution in [0.1, 0.15) is 11.1 Å². The number of thiophene rings is 2. The van der Waals surface area contributed by atoms with Crippen LogP contribution in [0, 0.1) is 13.8 Å². The lowest BCUT2D eigenvalue weighted by molar-refractivity contribution is 0.467. The van der Waals surface area contributed by atoms with Crippen molar-refractivity contribution in [3.63, 3.8) is 0 Å². The van der Waals surface area contributed by atoms with Gasteiger partial charge in [0.25, 0.3) is 20.1 Å². The lowest BCUT2D eigenvalue weighted by Gasteiger charge is -2.42. The van der Waals surface area contributed by atoms with E-state index in [1.807, 2.05) is 22.7 Å². The maximum atomic E-state index is 7.24. The van der Waals surface area contributed by atoms with Crippen LogP contribution in [-0.2, 0) is 0 Å². The molecule has 8 heterocycles. The molecule has 2 aromatic heterocycles. The van der Waals surface area contributed by atoms with E-state index in [2.05, 4.69) is 150 Å². The van der Waals surface area contributed by atoms with Crippen molar-refractivity contribution in [3.05, 3.63) is 120 Å². The Bertz CT molecular complexity index is 3680. The monoisotopic (exact) mass is 930 g/mol. The van der Waals surface area contributed by atoms with Crippen molar-refractivity contribution in [2.45, 2.75) is 18.7 Å². The van der Waals surface area contributed by atoms with Gasteiger partial charge in [0.1, 0.15) is 46.0 Å². The molecule has 0 spiro atoms. The standard InChI is InChI=1S/C51H33B3N2O4S5/c1-24-14-35-46-39(15-24)59-48-27-10-6-8-12-43(27)64-50(48)53(46)30-21-31-37(23-34(30)55(35)62-4)58-42-19-26(61-3)18-36-45(42)52(31)29-20-32-38(22-33(29)56(36)63-5)57-40-16-25(2)17-41-47(40)54(32)51-49(60-41)28-11-7-9-13-44(28)65-51/h6-23H,1-5H3.